The number of aromatic nitrogens is 1. The quantitative estimate of drug-likeness (QED) is 0.525. The van der Waals surface area contributed by atoms with Gasteiger partial charge >= 0.3 is 0 Å². The summed E-state index contributed by atoms with van der Waals surface area (Å²) in [4.78, 5) is 14.9. The number of likely N-dealkylation sites (tertiary alicyclic amines) is 1. The molecule has 0 aliphatic carbocycles. The molecule has 0 radical (unpaired) electrons. The van der Waals surface area contributed by atoms with Gasteiger partial charge in [-0.2, -0.15) is 0 Å². The molecule has 4 nitrogen and oxygen atoms in total. The summed E-state index contributed by atoms with van der Waals surface area (Å²) in [5, 5.41) is 0. The molecule has 0 unspecified atom stereocenters. The zero-order valence-corrected chi connectivity index (χ0v) is 17.8. The first-order valence-corrected chi connectivity index (χ1v) is 11.0. The summed E-state index contributed by atoms with van der Waals surface area (Å²) in [5.74, 6) is 0.246. The fraction of sp³-hybridized carbons (Fsp3) is 0.346. The van der Waals surface area contributed by atoms with Crippen molar-refractivity contribution in [2.24, 2.45) is 0 Å². The molecule has 1 aromatic heterocycles. The molecule has 1 fully saturated rings. The number of piperidine rings is 1. The molecule has 31 heavy (non-hydrogen) atoms. The van der Waals surface area contributed by atoms with E-state index in [9.17, 15) is 9.18 Å². The third-order valence-corrected chi connectivity index (χ3v) is 5.81. The van der Waals surface area contributed by atoms with Crippen LogP contribution in [0.2, 0.25) is 0 Å². The molecule has 5 heteroatoms. The van der Waals surface area contributed by atoms with E-state index in [4.69, 9.17) is 4.74 Å². The van der Waals surface area contributed by atoms with Crippen molar-refractivity contribution in [3.63, 3.8) is 0 Å². The van der Waals surface area contributed by atoms with Gasteiger partial charge in [0, 0.05) is 25.4 Å². The van der Waals surface area contributed by atoms with Crippen LogP contribution in [0.1, 0.15) is 36.0 Å². The highest BCUT2D eigenvalue weighted by atomic mass is 19.1. The summed E-state index contributed by atoms with van der Waals surface area (Å²) < 4.78 is 20.3. The maximum Gasteiger partial charge on any atom is 0.254 e. The predicted octanol–water partition coefficient (Wildman–Crippen LogP) is 4.80. The highest BCUT2D eigenvalue weighted by Crippen LogP contribution is 2.14. The molecule has 4 rings (SSSR count). The average Bonchev–Trinajstić information content (AvgIpc) is 2.80. The van der Waals surface area contributed by atoms with Crippen molar-refractivity contribution in [2.45, 2.75) is 45.4 Å². The Hall–Kier alpha value is -2.92. The second-order valence-electron chi connectivity index (χ2n) is 8.21. The fourth-order valence-corrected chi connectivity index (χ4v) is 3.95. The van der Waals surface area contributed by atoms with E-state index in [1.54, 1.807) is 29.0 Å². The lowest BCUT2D eigenvalue weighted by molar-refractivity contribution is 0.221. The van der Waals surface area contributed by atoms with E-state index in [2.05, 4.69) is 29.2 Å². The SMILES string of the molecule is O=c1cc(OCc2ccc(F)cc2)ccn1CCc1ccc(CN2CCCCC2)cc1. The minimum Gasteiger partial charge on any atom is -0.489 e. The molecule has 3 aromatic rings. The van der Waals surface area contributed by atoms with Crippen LogP contribution in [0.15, 0.2) is 71.7 Å². The van der Waals surface area contributed by atoms with Crippen LogP contribution in [-0.4, -0.2) is 22.6 Å². The van der Waals surface area contributed by atoms with Crippen LogP contribution in [0, 0.1) is 5.82 Å². The van der Waals surface area contributed by atoms with Gasteiger partial charge in [-0.15, -0.1) is 0 Å². The fourth-order valence-electron chi connectivity index (χ4n) is 3.95. The largest absolute Gasteiger partial charge is 0.489 e. The summed E-state index contributed by atoms with van der Waals surface area (Å²) in [5.41, 5.74) is 3.35. The molecule has 2 aromatic carbocycles. The van der Waals surface area contributed by atoms with Crippen molar-refractivity contribution in [1.82, 2.24) is 9.47 Å². The molecule has 0 atom stereocenters. The molecule has 1 aliphatic heterocycles. The number of pyridine rings is 1. The summed E-state index contributed by atoms with van der Waals surface area (Å²) in [7, 11) is 0. The first-order valence-electron chi connectivity index (χ1n) is 11.0. The number of hydrogen-bond donors (Lipinski definition) is 0. The predicted molar refractivity (Wildman–Crippen MR) is 121 cm³/mol. The summed E-state index contributed by atoms with van der Waals surface area (Å²) in [6, 6.07) is 18.2. The van der Waals surface area contributed by atoms with Crippen molar-refractivity contribution >= 4 is 0 Å². The van der Waals surface area contributed by atoms with Crippen molar-refractivity contribution in [3.05, 3.63) is 99.7 Å². The van der Waals surface area contributed by atoms with Gasteiger partial charge in [-0.05, 0) is 67.2 Å². The van der Waals surface area contributed by atoms with Gasteiger partial charge < -0.3 is 9.30 Å². The second-order valence-corrected chi connectivity index (χ2v) is 8.21. The van der Waals surface area contributed by atoms with Crippen LogP contribution in [0.4, 0.5) is 4.39 Å². The highest BCUT2D eigenvalue weighted by Gasteiger charge is 2.10. The monoisotopic (exact) mass is 420 g/mol. The number of aryl methyl sites for hydroxylation is 2. The van der Waals surface area contributed by atoms with Crippen molar-refractivity contribution in [3.8, 4) is 5.75 Å². The van der Waals surface area contributed by atoms with Crippen LogP contribution < -0.4 is 10.3 Å². The Kier molecular flexibility index (Phi) is 7.15. The number of nitrogens with zero attached hydrogens (tertiary/aromatic N) is 2. The Balaban J connectivity index is 1.28. The lowest BCUT2D eigenvalue weighted by Gasteiger charge is -2.26. The average molecular weight is 421 g/mol. The van der Waals surface area contributed by atoms with E-state index in [1.807, 2.05) is 0 Å². The smallest absolute Gasteiger partial charge is 0.254 e. The minimum absolute atomic E-state index is 0.0849. The van der Waals surface area contributed by atoms with Gasteiger partial charge in [0.2, 0.25) is 0 Å². The van der Waals surface area contributed by atoms with E-state index in [0.29, 0.717) is 18.9 Å². The standard InChI is InChI=1S/C26H29FN2O2/c27-24-10-8-23(9-11-24)20-31-25-13-17-29(26(30)18-25)16-12-21-4-6-22(7-5-21)19-28-14-2-1-3-15-28/h4-11,13,17-18H,1-3,12,14-16,19-20H2. The Bertz CT molecular complexity index is 1020. The lowest BCUT2D eigenvalue weighted by Crippen LogP contribution is -2.29. The Morgan fingerprint density at radius 3 is 2.23 bits per heavy atom. The van der Waals surface area contributed by atoms with Crippen molar-refractivity contribution in [2.75, 3.05) is 13.1 Å². The third kappa shape index (κ3) is 6.28. The molecule has 162 valence electrons. The van der Waals surface area contributed by atoms with E-state index in [1.165, 1.54) is 61.7 Å². The Morgan fingerprint density at radius 2 is 1.52 bits per heavy atom. The first-order chi connectivity index (χ1) is 15.2. The molecule has 0 saturated carbocycles. The second kappa shape index (κ2) is 10.4. The minimum atomic E-state index is -0.275. The van der Waals surface area contributed by atoms with E-state index in [0.717, 1.165) is 18.5 Å². The zero-order chi connectivity index (χ0) is 21.5. The van der Waals surface area contributed by atoms with E-state index in [-0.39, 0.29) is 11.4 Å². The maximum absolute atomic E-state index is 13.0. The van der Waals surface area contributed by atoms with Gasteiger partial charge in [0.15, 0.2) is 0 Å². The maximum atomic E-state index is 13.0. The van der Waals surface area contributed by atoms with Crippen LogP contribution in [0.5, 0.6) is 5.75 Å². The number of hydrogen-bond acceptors (Lipinski definition) is 3. The Morgan fingerprint density at radius 1 is 0.839 bits per heavy atom. The highest BCUT2D eigenvalue weighted by molar-refractivity contribution is 5.23. The molecule has 0 spiro atoms. The van der Waals surface area contributed by atoms with Crippen LogP contribution in [0.25, 0.3) is 0 Å². The molecule has 0 bridgehead atoms. The summed E-state index contributed by atoms with van der Waals surface area (Å²) in [6.45, 7) is 4.36. The zero-order valence-electron chi connectivity index (χ0n) is 17.8. The van der Waals surface area contributed by atoms with Gasteiger partial charge in [-0.25, -0.2) is 4.39 Å². The van der Waals surface area contributed by atoms with E-state index < -0.39 is 0 Å². The first kappa shape index (κ1) is 21.3. The normalized spacial score (nSPS) is 14.5. The molecule has 0 N–H and O–H groups in total. The number of benzene rings is 2. The van der Waals surface area contributed by atoms with Crippen molar-refractivity contribution < 1.29 is 9.13 Å². The Labute approximate surface area is 182 Å². The van der Waals surface area contributed by atoms with Crippen molar-refractivity contribution in [1.29, 1.82) is 0 Å². The van der Waals surface area contributed by atoms with Gasteiger partial charge in [0.05, 0.1) is 0 Å². The molecular formula is C26H29FN2O2. The summed E-state index contributed by atoms with van der Waals surface area (Å²) >= 11 is 0. The van der Waals surface area contributed by atoms with Crippen LogP contribution in [0.3, 0.4) is 0 Å². The topological polar surface area (TPSA) is 34.5 Å². The van der Waals surface area contributed by atoms with Gasteiger partial charge in [0.25, 0.3) is 5.56 Å². The van der Waals surface area contributed by atoms with E-state index >= 15 is 0 Å². The van der Waals surface area contributed by atoms with Gasteiger partial charge in [0.1, 0.15) is 18.2 Å². The molecule has 1 saturated heterocycles. The van der Waals surface area contributed by atoms with Crippen LogP contribution >= 0.6 is 0 Å². The number of rotatable bonds is 8. The number of ether oxygens (including phenoxy) is 1. The lowest BCUT2D eigenvalue weighted by atomic mass is 10.1. The molecule has 2 heterocycles. The molecule has 1 aliphatic rings. The van der Waals surface area contributed by atoms with Crippen LogP contribution in [-0.2, 0) is 26.1 Å². The third-order valence-electron chi connectivity index (χ3n) is 5.81. The van der Waals surface area contributed by atoms with Gasteiger partial charge in [-0.1, -0.05) is 42.8 Å². The van der Waals surface area contributed by atoms with Gasteiger partial charge in [-0.3, -0.25) is 9.69 Å². The number of halogens is 1. The molecular weight excluding hydrogens is 391 g/mol. The summed E-state index contributed by atoms with van der Waals surface area (Å²) in [6.07, 6.45) is 6.55. The molecule has 0 amide bonds.